The third kappa shape index (κ3) is 29.4. The standard InChI is InChI=1S/C37H79N4/c1-8-11-13-15-17-19-21-23-25-27-30-38(4)31-32-39(5)33-34-40(29-10-3)35-37-41(6,7)36-28-26-24-22-20-18-16-14-12-9-2/h10H,3,8-9,11-37H2,1-2,4-7H3/q+1. The van der Waals surface area contributed by atoms with E-state index in [9.17, 15) is 0 Å². The van der Waals surface area contributed by atoms with Gasteiger partial charge in [0.2, 0.25) is 0 Å². The third-order valence-electron chi connectivity index (χ3n) is 9.08. The second-order valence-corrected chi connectivity index (χ2v) is 13.9. The fourth-order valence-corrected chi connectivity index (χ4v) is 5.77. The monoisotopic (exact) mass is 580 g/mol. The Hall–Kier alpha value is -0.420. The lowest BCUT2D eigenvalue weighted by Gasteiger charge is -2.33. The van der Waals surface area contributed by atoms with Crippen LogP contribution in [0.5, 0.6) is 0 Å². The highest BCUT2D eigenvalue weighted by Gasteiger charge is 2.17. The van der Waals surface area contributed by atoms with E-state index < -0.39 is 0 Å². The first-order valence-electron chi connectivity index (χ1n) is 18.4. The Kier molecular flexibility index (Phi) is 29.3. The number of likely N-dealkylation sites (N-methyl/N-ethyl adjacent to an activating group) is 3. The maximum Gasteiger partial charge on any atom is 0.0911 e. The van der Waals surface area contributed by atoms with Gasteiger partial charge in [-0.1, -0.05) is 129 Å². The number of hydrogen-bond acceptors (Lipinski definition) is 3. The predicted molar refractivity (Wildman–Crippen MR) is 187 cm³/mol. The van der Waals surface area contributed by atoms with E-state index in [0.29, 0.717) is 0 Å². The summed E-state index contributed by atoms with van der Waals surface area (Å²) in [6, 6.07) is 0. The zero-order valence-electron chi connectivity index (χ0n) is 29.6. The largest absolute Gasteiger partial charge is 0.327 e. The Balaban J connectivity index is 3.89. The van der Waals surface area contributed by atoms with Crippen molar-refractivity contribution in [1.29, 1.82) is 0 Å². The van der Waals surface area contributed by atoms with Crippen LogP contribution in [0.3, 0.4) is 0 Å². The molecular weight excluding hydrogens is 500 g/mol. The van der Waals surface area contributed by atoms with Crippen LogP contribution in [0.15, 0.2) is 12.7 Å². The van der Waals surface area contributed by atoms with E-state index in [-0.39, 0.29) is 0 Å². The van der Waals surface area contributed by atoms with Crippen molar-refractivity contribution in [2.75, 3.05) is 87.1 Å². The highest BCUT2D eigenvalue weighted by atomic mass is 15.3. The van der Waals surface area contributed by atoms with E-state index in [2.05, 4.69) is 69.4 Å². The topological polar surface area (TPSA) is 9.72 Å². The minimum atomic E-state index is 1.00. The molecule has 0 saturated heterocycles. The molecule has 4 nitrogen and oxygen atoms in total. The van der Waals surface area contributed by atoms with Gasteiger partial charge in [0.1, 0.15) is 0 Å². The zero-order valence-corrected chi connectivity index (χ0v) is 29.6. The van der Waals surface area contributed by atoms with Gasteiger partial charge in [-0.15, -0.1) is 6.58 Å². The van der Waals surface area contributed by atoms with Gasteiger partial charge in [-0.3, -0.25) is 4.90 Å². The molecule has 0 fully saturated rings. The average Bonchev–Trinajstić information content (AvgIpc) is 2.95. The molecule has 0 atom stereocenters. The second-order valence-electron chi connectivity index (χ2n) is 13.9. The fourth-order valence-electron chi connectivity index (χ4n) is 5.77. The molecule has 0 radical (unpaired) electrons. The van der Waals surface area contributed by atoms with E-state index in [1.54, 1.807) is 0 Å². The van der Waals surface area contributed by atoms with E-state index in [4.69, 9.17) is 0 Å². The van der Waals surface area contributed by atoms with Crippen LogP contribution in [-0.4, -0.2) is 106 Å². The molecule has 0 spiro atoms. The molecule has 0 N–H and O–H groups in total. The highest BCUT2D eigenvalue weighted by Crippen LogP contribution is 2.12. The van der Waals surface area contributed by atoms with Gasteiger partial charge in [-0.2, -0.15) is 0 Å². The number of nitrogens with zero attached hydrogens (tertiary/aromatic N) is 4. The third-order valence-corrected chi connectivity index (χ3v) is 9.08. The molecule has 0 heterocycles. The molecule has 0 aliphatic rings. The molecule has 0 saturated carbocycles. The quantitative estimate of drug-likeness (QED) is 0.0436. The number of quaternary nitrogens is 1. The Morgan fingerprint density at radius 3 is 1.32 bits per heavy atom. The number of rotatable bonds is 33. The molecule has 0 aromatic rings. The summed E-state index contributed by atoms with van der Waals surface area (Å²) in [5.41, 5.74) is 0. The van der Waals surface area contributed by atoms with Gasteiger partial charge in [-0.05, 0) is 39.9 Å². The number of hydrogen-bond donors (Lipinski definition) is 0. The predicted octanol–water partition coefficient (Wildman–Crippen LogP) is 9.26. The minimum Gasteiger partial charge on any atom is -0.327 e. The minimum absolute atomic E-state index is 1.00. The summed E-state index contributed by atoms with van der Waals surface area (Å²) in [5, 5.41) is 0. The molecule has 0 bridgehead atoms. The first-order valence-corrected chi connectivity index (χ1v) is 18.4. The normalized spacial score (nSPS) is 12.3. The van der Waals surface area contributed by atoms with Crippen molar-refractivity contribution in [1.82, 2.24) is 14.7 Å². The van der Waals surface area contributed by atoms with E-state index in [1.807, 2.05) is 0 Å². The van der Waals surface area contributed by atoms with Crippen molar-refractivity contribution in [2.45, 2.75) is 142 Å². The Labute approximate surface area is 260 Å². The first-order chi connectivity index (χ1) is 19.8. The summed E-state index contributed by atoms with van der Waals surface area (Å²) in [4.78, 5) is 7.67. The smallest absolute Gasteiger partial charge is 0.0911 e. The molecule has 246 valence electrons. The molecule has 0 aliphatic heterocycles. The molecule has 4 heteroatoms. The summed E-state index contributed by atoms with van der Waals surface area (Å²) in [5.74, 6) is 0. The Morgan fingerprint density at radius 2 is 0.854 bits per heavy atom. The lowest BCUT2D eigenvalue weighted by atomic mass is 10.1. The molecule has 0 rings (SSSR count). The van der Waals surface area contributed by atoms with Crippen molar-refractivity contribution in [3.8, 4) is 0 Å². The van der Waals surface area contributed by atoms with Gasteiger partial charge in [0.05, 0.1) is 27.2 Å². The Morgan fingerprint density at radius 1 is 0.463 bits per heavy atom. The van der Waals surface area contributed by atoms with E-state index in [1.165, 1.54) is 161 Å². The van der Waals surface area contributed by atoms with Gasteiger partial charge in [0.25, 0.3) is 0 Å². The molecule has 0 unspecified atom stereocenters. The highest BCUT2D eigenvalue weighted by molar-refractivity contribution is 4.74. The van der Waals surface area contributed by atoms with E-state index in [0.717, 1.165) is 30.7 Å². The van der Waals surface area contributed by atoms with Crippen LogP contribution in [0.25, 0.3) is 0 Å². The van der Waals surface area contributed by atoms with E-state index >= 15 is 0 Å². The summed E-state index contributed by atoms with van der Waals surface area (Å²) in [6.07, 6.45) is 30.5. The summed E-state index contributed by atoms with van der Waals surface area (Å²) in [6.45, 7) is 19.2. The van der Waals surface area contributed by atoms with Gasteiger partial charge < -0.3 is 14.3 Å². The van der Waals surface area contributed by atoms with Crippen LogP contribution < -0.4 is 0 Å². The van der Waals surface area contributed by atoms with Crippen molar-refractivity contribution in [3.05, 3.63) is 12.7 Å². The maximum absolute atomic E-state index is 4.04. The van der Waals surface area contributed by atoms with Gasteiger partial charge in [0, 0.05) is 39.3 Å². The Bertz CT molecular complexity index is 535. The maximum atomic E-state index is 4.04. The zero-order chi connectivity index (χ0) is 30.4. The first kappa shape index (κ1) is 40.6. The fraction of sp³-hybridized carbons (Fsp3) is 0.946. The molecule has 0 aliphatic carbocycles. The lowest BCUT2D eigenvalue weighted by Crippen LogP contribution is -2.47. The second kappa shape index (κ2) is 29.6. The van der Waals surface area contributed by atoms with Gasteiger partial charge >= 0.3 is 0 Å². The van der Waals surface area contributed by atoms with Crippen molar-refractivity contribution in [3.63, 3.8) is 0 Å². The molecule has 0 amide bonds. The lowest BCUT2D eigenvalue weighted by molar-refractivity contribution is -0.890. The van der Waals surface area contributed by atoms with Crippen LogP contribution in [0, 0.1) is 0 Å². The van der Waals surface area contributed by atoms with Crippen molar-refractivity contribution < 1.29 is 4.48 Å². The van der Waals surface area contributed by atoms with Gasteiger partial charge in [0.15, 0.2) is 0 Å². The van der Waals surface area contributed by atoms with Gasteiger partial charge in [-0.25, -0.2) is 0 Å². The molecule has 0 aromatic heterocycles. The molecule has 0 aromatic carbocycles. The summed E-state index contributed by atoms with van der Waals surface area (Å²) >= 11 is 0. The SMILES string of the molecule is C=CCN(CCN(C)CCN(C)CCCCCCCCCCCC)CC[N+](C)(C)CCCCCCCCCCCC. The van der Waals surface area contributed by atoms with Crippen molar-refractivity contribution >= 4 is 0 Å². The van der Waals surface area contributed by atoms with Crippen molar-refractivity contribution in [2.24, 2.45) is 0 Å². The van der Waals surface area contributed by atoms with Crippen LogP contribution in [0.4, 0.5) is 0 Å². The number of unbranched alkanes of at least 4 members (excludes halogenated alkanes) is 18. The summed E-state index contributed by atoms with van der Waals surface area (Å²) < 4.78 is 1.14. The van der Waals surface area contributed by atoms with Crippen LogP contribution >= 0.6 is 0 Å². The van der Waals surface area contributed by atoms with Crippen LogP contribution in [-0.2, 0) is 0 Å². The van der Waals surface area contributed by atoms with Crippen LogP contribution in [0.2, 0.25) is 0 Å². The summed E-state index contributed by atoms with van der Waals surface area (Å²) in [7, 11) is 9.46. The molecule has 41 heavy (non-hydrogen) atoms. The van der Waals surface area contributed by atoms with Crippen LogP contribution in [0.1, 0.15) is 142 Å². The molecular formula is C37H79N4+. The average molecular weight is 580 g/mol.